The van der Waals surface area contributed by atoms with Crippen LogP contribution in [0.25, 0.3) is 0 Å². The molecule has 2 heterocycles. The van der Waals surface area contributed by atoms with Gasteiger partial charge >= 0.3 is 0 Å². The number of carbonyl (C=O) groups is 2. The van der Waals surface area contributed by atoms with Crippen LogP contribution in [0.5, 0.6) is 0 Å². The van der Waals surface area contributed by atoms with E-state index in [1.165, 1.54) is 0 Å². The SMILES string of the molecule is CC(=O)N1Cc2c(NC(=O)c3cccc(C)c3)n[nH]c2C1(C)C. The maximum absolute atomic E-state index is 12.4. The highest BCUT2D eigenvalue weighted by atomic mass is 16.2. The normalized spacial score (nSPS) is 15.4. The monoisotopic (exact) mass is 312 g/mol. The summed E-state index contributed by atoms with van der Waals surface area (Å²) in [6, 6.07) is 7.38. The molecule has 2 aromatic rings. The number of aromatic nitrogens is 2. The van der Waals surface area contributed by atoms with Crippen molar-refractivity contribution < 1.29 is 9.59 Å². The second-order valence-corrected chi connectivity index (χ2v) is 6.41. The number of nitrogens with zero attached hydrogens (tertiary/aromatic N) is 2. The first-order chi connectivity index (χ1) is 10.8. The summed E-state index contributed by atoms with van der Waals surface area (Å²) in [5.74, 6) is 0.279. The lowest BCUT2D eigenvalue weighted by Crippen LogP contribution is -2.39. The highest BCUT2D eigenvalue weighted by Crippen LogP contribution is 2.40. The van der Waals surface area contributed by atoms with E-state index in [0.717, 1.165) is 16.8 Å². The van der Waals surface area contributed by atoms with Crippen molar-refractivity contribution in [2.24, 2.45) is 0 Å². The molecule has 2 amide bonds. The lowest BCUT2D eigenvalue weighted by Gasteiger charge is -2.30. The van der Waals surface area contributed by atoms with Crippen LogP contribution in [0.2, 0.25) is 0 Å². The van der Waals surface area contributed by atoms with Crippen LogP contribution >= 0.6 is 0 Å². The fourth-order valence-electron chi connectivity index (χ4n) is 3.09. The highest BCUT2D eigenvalue weighted by molar-refractivity contribution is 6.04. The Balaban J connectivity index is 1.88. The number of rotatable bonds is 2. The van der Waals surface area contributed by atoms with E-state index in [9.17, 15) is 9.59 Å². The van der Waals surface area contributed by atoms with Gasteiger partial charge < -0.3 is 10.2 Å². The van der Waals surface area contributed by atoms with Crippen molar-refractivity contribution >= 4 is 17.6 Å². The molecule has 0 atom stereocenters. The number of carbonyl (C=O) groups excluding carboxylic acids is 2. The van der Waals surface area contributed by atoms with Gasteiger partial charge in [0.25, 0.3) is 5.91 Å². The van der Waals surface area contributed by atoms with Gasteiger partial charge in [0.15, 0.2) is 5.82 Å². The first kappa shape index (κ1) is 15.3. The van der Waals surface area contributed by atoms with Gasteiger partial charge in [-0.2, -0.15) is 5.10 Å². The topological polar surface area (TPSA) is 78.1 Å². The van der Waals surface area contributed by atoms with E-state index in [1.807, 2.05) is 39.0 Å². The Labute approximate surface area is 134 Å². The number of fused-ring (bicyclic) bond motifs is 1. The summed E-state index contributed by atoms with van der Waals surface area (Å²) in [7, 11) is 0. The van der Waals surface area contributed by atoms with Crippen LogP contribution in [0.1, 0.15) is 48.0 Å². The summed E-state index contributed by atoms with van der Waals surface area (Å²) in [6.45, 7) is 7.86. The van der Waals surface area contributed by atoms with Crippen molar-refractivity contribution in [3.63, 3.8) is 0 Å². The minimum absolute atomic E-state index is 0.00411. The number of H-pyrrole nitrogens is 1. The van der Waals surface area contributed by atoms with Crippen molar-refractivity contribution in [3.8, 4) is 0 Å². The fraction of sp³-hybridized carbons (Fsp3) is 0.353. The molecule has 0 fully saturated rings. The number of nitrogens with one attached hydrogen (secondary N) is 2. The number of aryl methyl sites for hydroxylation is 1. The minimum atomic E-state index is -0.458. The van der Waals surface area contributed by atoms with E-state index in [1.54, 1.807) is 17.9 Å². The van der Waals surface area contributed by atoms with Crippen LogP contribution in [0.15, 0.2) is 24.3 Å². The van der Waals surface area contributed by atoms with Gasteiger partial charge in [0.2, 0.25) is 5.91 Å². The van der Waals surface area contributed by atoms with Crippen molar-refractivity contribution in [3.05, 3.63) is 46.6 Å². The average molecular weight is 312 g/mol. The molecule has 0 bridgehead atoms. The van der Waals surface area contributed by atoms with Crippen LogP contribution in [-0.2, 0) is 16.9 Å². The molecule has 6 nitrogen and oxygen atoms in total. The van der Waals surface area contributed by atoms with Crippen LogP contribution in [-0.4, -0.2) is 26.9 Å². The van der Waals surface area contributed by atoms with Gasteiger partial charge in [0, 0.05) is 18.1 Å². The van der Waals surface area contributed by atoms with Crippen molar-refractivity contribution in [2.75, 3.05) is 5.32 Å². The minimum Gasteiger partial charge on any atom is -0.328 e. The summed E-state index contributed by atoms with van der Waals surface area (Å²) in [5, 5.41) is 10.0. The molecule has 120 valence electrons. The molecule has 2 N–H and O–H groups in total. The van der Waals surface area contributed by atoms with Gasteiger partial charge in [0.1, 0.15) is 0 Å². The standard InChI is InChI=1S/C17H20N4O2/c1-10-6-5-7-12(8-10)16(23)18-15-13-9-21(11(2)22)17(3,4)14(13)19-20-15/h5-8H,9H2,1-4H3,(H2,18,19,20,23). The Hall–Kier alpha value is -2.63. The molecule has 23 heavy (non-hydrogen) atoms. The predicted molar refractivity (Wildman–Crippen MR) is 87.0 cm³/mol. The van der Waals surface area contributed by atoms with Crippen molar-refractivity contribution in [1.29, 1.82) is 0 Å². The van der Waals surface area contributed by atoms with Crippen LogP contribution < -0.4 is 5.32 Å². The maximum atomic E-state index is 12.4. The van der Waals surface area contributed by atoms with Crippen molar-refractivity contribution in [2.45, 2.75) is 39.8 Å². The third-order valence-corrected chi connectivity index (χ3v) is 4.36. The van der Waals surface area contributed by atoms with E-state index in [4.69, 9.17) is 0 Å². The number of aromatic amines is 1. The number of anilines is 1. The zero-order valence-corrected chi connectivity index (χ0v) is 13.7. The van der Waals surface area contributed by atoms with E-state index in [2.05, 4.69) is 15.5 Å². The molecular weight excluding hydrogens is 292 g/mol. The summed E-state index contributed by atoms with van der Waals surface area (Å²) in [4.78, 5) is 26.0. The lowest BCUT2D eigenvalue weighted by atomic mass is 10.0. The summed E-state index contributed by atoms with van der Waals surface area (Å²) in [5.41, 5.74) is 2.88. The Morgan fingerprint density at radius 2 is 2.09 bits per heavy atom. The summed E-state index contributed by atoms with van der Waals surface area (Å²) in [6.07, 6.45) is 0. The van der Waals surface area contributed by atoms with Crippen molar-refractivity contribution in [1.82, 2.24) is 15.1 Å². The van der Waals surface area contributed by atoms with Gasteiger partial charge in [-0.15, -0.1) is 0 Å². The van der Waals surface area contributed by atoms with Gasteiger partial charge in [-0.3, -0.25) is 14.7 Å². The van der Waals surface area contributed by atoms with Gasteiger partial charge in [-0.25, -0.2) is 0 Å². The largest absolute Gasteiger partial charge is 0.328 e. The summed E-state index contributed by atoms with van der Waals surface area (Å²) >= 11 is 0. The Bertz CT molecular complexity index is 792. The third kappa shape index (κ3) is 2.50. The highest BCUT2D eigenvalue weighted by Gasteiger charge is 2.42. The van der Waals surface area contributed by atoms with Gasteiger partial charge in [0.05, 0.1) is 17.8 Å². The molecule has 0 unspecified atom stereocenters. The van der Waals surface area contributed by atoms with Crippen LogP contribution in [0.4, 0.5) is 5.82 Å². The molecule has 3 rings (SSSR count). The zero-order valence-electron chi connectivity index (χ0n) is 13.7. The van der Waals surface area contributed by atoms with Gasteiger partial charge in [-0.05, 0) is 32.9 Å². The first-order valence-electron chi connectivity index (χ1n) is 7.54. The molecule has 0 saturated carbocycles. The number of hydrogen-bond donors (Lipinski definition) is 2. The maximum Gasteiger partial charge on any atom is 0.256 e. The molecule has 0 spiro atoms. The first-order valence-corrected chi connectivity index (χ1v) is 7.54. The van der Waals surface area contributed by atoms with E-state index >= 15 is 0 Å². The average Bonchev–Trinajstić information content (AvgIpc) is 2.98. The molecule has 0 radical (unpaired) electrons. The van der Waals surface area contributed by atoms with E-state index < -0.39 is 5.54 Å². The van der Waals surface area contributed by atoms with Crippen LogP contribution in [0.3, 0.4) is 0 Å². The second kappa shape index (κ2) is 5.22. The molecule has 6 heteroatoms. The number of hydrogen-bond acceptors (Lipinski definition) is 3. The molecule has 1 aromatic heterocycles. The molecule has 1 aliphatic rings. The summed E-state index contributed by atoms with van der Waals surface area (Å²) < 4.78 is 0. The molecule has 1 aromatic carbocycles. The Kier molecular flexibility index (Phi) is 3.47. The Morgan fingerprint density at radius 1 is 1.35 bits per heavy atom. The van der Waals surface area contributed by atoms with E-state index in [0.29, 0.717) is 17.9 Å². The van der Waals surface area contributed by atoms with Crippen LogP contribution in [0, 0.1) is 6.92 Å². The second-order valence-electron chi connectivity index (χ2n) is 6.41. The fourth-order valence-corrected chi connectivity index (χ4v) is 3.09. The third-order valence-electron chi connectivity index (χ3n) is 4.36. The predicted octanol–water partition coefficient (Wildman–Crippen LogP) is 2.57. The lowest BCUT2D eigenvalue weighted by molar-refractivity contribution is -0.134. The molecule has 1 aliphatic heterocycles. The van der Waals surface area contributed by atoms with E-state index in [-0.39, 0.29) is 11.8 Å². The van der Waals surface area contributed by atoms with Gasteiger partial charge in [-0.1, -0.05) is 17.7 Å². The molecular formula is C17H20N4O2. The number of amides is 2. The molecule has 0 aliphatic carbocycles. The smallest absolute Gasteiger partial charge is 0.256 e. The number of benzene rings is 1. The zero-order chi connectivity index (χ0) is 16.8. The Morgan fingerprint density at radius 3 is 2.74 bits per heavy atom. The quantitative estimate of drug-likeness (QED) is 0.894. The molecule has 0 saturated heterocycles.